The van der Waals surface area contributed by atoms with Gasteiger partial charge in [0.15, 0.2) is 0 Å². The van der Waals surface area contributed by atoms with Crippen LogP contribution in [-0.4, -0.2) is 17.0 Å². The number of anilines is 1. The highest BCUT2D eigenvalue weighted by Crippen LogP contribution is 2.24. The van der Waals surface area contributed by atoms with Crippen molar-refractivity contribution in [2.75, 3.05) is 12.4 Å². The van der Waals surface area contributed by atoms with Crippen LogP contribution in [0.15, 0.2) is 28.7 Å². The van der Waals surface area contributed by atoms with E-state index in [2.05, 4.69) is 31.2 Å². The molecule has 0 aliphatic rings. The van der Waals surface area contributed by atoms with Crippen LogP contribution in [0.4, 0.5) is 10.2 Å². The molecule has 1 aromatic heterocycles. The normalized spacial score (nSPS) is 10.5. The summed E-state index contributed by atoms with van der Waals surface area (Å²) in [6.07, 6.45) is 1.42. The smallest absolute Gasteiger partial charge is 0.144 e. The van der Waals surface area contributed by atoms with Gasteiger partial charge >= 0.3 is 0 Å². The van der Waals surface area contributed by atoms with Crippen LogP contribution in [0.3, 0.4) is 0 Å². The maximum absolute atomic E-state index is 12.9. The maximum Gasteiger partial charge on any atom is 0.144 e. The minimum absolute atomic E-state index is 0.231. The molecule has 1 heterocycles. The molecular weight excluding hydrogens is 309 g/mol. The van der Waals surface area contributed by atoms with E-state index in [4.69, 9.17) is 0 Å². The molecule has 0 unspecified atom stereocenters. The summed E-state index contributed by atoms with van der Waals surface area (Å²) >= 11 is 3.49. The molecule has 5 heteroatoms. The van der Waals surface area contributed by atoms with Gasteiger partial charge in [0.2, 0.25) is 0 Å². The quantitative estimate of drug-likeness (QED) is 0.934. The number of benzene rings is 1. The standard InChI is InChI=1S/C14H15BrFN3/c1-3-11-13(15)14(17-2)19-12(18-11)8-9-4-6-10(16)7-5-9/h4-7H,3,8H2,1-2H3,(H,17,18,19). The fraction of sp³-hybridized carbons (Fsp3) is 0.286. The molecule has 1 N–H and O–H groups in total. The zero-order valence-electron chi connectivity index (χ0n) is 10.9. The van der Waals surface area contributed by atoms with E-state index in [-0.39, 0.29) is 5.82 Å². The molecular formula is C14H15BrFN3. The Kier molecular flexibility index (Phi) is 4.47. The minimum Gasteiger partial charge on any atom is -0.372 e. The molecule has 0 fully saturated rings. The lowest BCUT2D eigenvalue weighted by Crippen LogP contribution is -2.06. The highest BCUT2D eigenvalue weighted by molar-refractivity contribution is 9.10. The Balaban J connectivity index is 2.32. The first-order valence-electron chi connectivity index (χ1n) is 6.11. The predicted octanol–water partition coefficient (Wildman–Crippen LogP) is 3.57. The van der Waals surface area contributed by atoms with Crippen molar-refractivity contribution in [3.8, 4) is 0 Å². The molecule has 1 aromatic carbocycles. The molecule has 0 amide bonds. The molecule has 0 aliphatic heterocycles. The van der Waals surface area contributed by atoms with E-state index < -0.39 is 0 Å². The molecule has 0 aliphatic carbocycles. The SMILES string of the molecule is CCc1nc(Cc2ccc(F)cc2)nc(NC)c1Br. The van der Waals surface area contributed by atoms with Gasteiger partial charge in [-0.1, -0.05) is 19.1 Å². The van der Waals surface area contributed by atoms with E-state index in [1.165, 1.54) is 12.1 Å². The summed E-state index contributed by atoms with van der Waals surface area (Å²) in [6.45, 7) is 2.05. The molecule has 19 heavy (non-hydrogen) atoms. The molecule has 2 aromatic rings. The summed E-state index contributed by atoms with van der Waals surface area (Å²) in [7, 11) is 1.83. The number of aromatic nitrogens is 2. The average molecular weight is 324 g/mol. The Labute approximate surface area is 120 Å². The summed E-state index contributed by atoms with van der Waals surface area (Å²) in [5.41, 5.74) is 1.96. The summed E-state index contributed by atoms with van der Waals surface area (Å²) in [6, 6.07) is 6.42. The van der Waals surface area contributed by atoms with Gasteiger partial charge in [-0.3, -0.25) is 0 Å². The van der Waals surface area contributed by atoms with Gasteiger partial charge in [-0.2, -0.15) is 0 Å². The van der Waals surface area contributed by atoms with Gasteiger partial charge in [-0.05, 0) is 40.0 Å². The highest BCUT2D eigenvalue weighted by Gasteiger charge is 2.10. The molecule has 100 valence electrons. The van der Waals surface area contributed by atoms with Crippen molar-refractivity contribution in [3.05, 3.63) is 51.6 Å². The van der Waals surface area contributed by atoms with Crippen LogP contribution < -0.4 is 5.32 Å². The summed E-state index contributed by atoms with van der Waals surface area (Å²) in [4.78, 5) is 8.98. The first kappa shape index (κ1) is 13.9. The summed E-state index contributed by atoms with van der Waals surface area (Å²) in [5.74, 6) is 1.28. The lowest BCUT2D eigenvalue weighted by molar-refractivity contribution is 0.627. The number of aryl methyl sites for hydroxylation is 1. The van der Waals surface area contributed by atoms with E-state index in [1.807, 2.05) is 14.0 Å². The number of nitrogens with one attached hydrogen (secondary N) is 1. The average Bonchev–Trinajstić information content (AvgIpc) is 2.43. The van der Waals surface area contributed by atoms with Crippen LogP contribution in [0.25, 0.3) is 0 Å². The largest absolute Gasteiger partial charge is 0.372 e. The Morgan fingerprint density at radius 3 is 2.47 bits per heavy atom. The number of hydrogen-bond donors (Lipinski definition) is 1. The van der Waals surface area contributed by atoms with Gasteiger partial charge in [0.25, 0.3) is 0 Å². The van der Waals surface area contributed by atoms with Crippen LogP contribution >= 0.6 is 15.9 Å². The van der Waals surface area contributed by atoms with Crippen molar-refractivity contribution in [2.45, 2.75) is 19.8 Å². The topological polar surface area (TPSA) is 37.8 Å². The van der Waals surface area contributed by atoms with E-state index in [9.17, 15) is 4.39 Å². The molecule has 3 nitrogen and oxygen atoms in total. The Morgan fingerprint density at radius 2 is 1.89 bits per heavy atom. The molecule has 0 atom stereocenters. The molecule has 0 saturated heterocycles. The van der Waals surface area contributed by atoms with Crippen molar-refractivity contribution in [1.82, 2.24) is 9.97 Å². The van der Waals surface area contributed by atoms with Crippen molar-refractivity contribution < 1.29 is 4.39 Å². The van der Waals surface area contributed by atoms with Crippen LogP contribution in [-0.2, 0) is 12.8 Å². The van der Waals surface area contributed by atoms with Crippen LogP contribution in [0.1, 0.15) is 24.0 Å². The summed E-state index contributed by atoms with van der Waals surface area (Å²) in [5, 5.41) is 3.05. The third-order valence-corrected chi connectivity index (χ3v) is 3.65. The third kappa shape index (κ3) is 3.29. The highest BCUT2D eigenvalue weighted by atomic mass is 79.9. The van der Waals surface area contributed by atoms with E-state index >= 15 is 0 Å². The van der Waals surface area contributed by atoms with Crippen LogP contribution in [0.5, 0.6) is 0 Å². The van der Waals surface area contributed by atoms with E-state index in [1.54, 1.807) is 12.1 Å². The van der Waals surface area contributed by atoms with Crippen molar-refractivity contribution in [1.29, 1.82) is 0 Å². The van der Waals surface area contributed by atoms with Gasteiger partial charge in [-0.25, -0.2) is 14.4 Å². The number of nitrogens with zero attached hydrogens (tertiary/aromatic N) is 2. The third-order valence-electron chi connectivity index (χ3n) is 2.81. The monoisotopic (exact) mass is 323 g/mol. The van der Waals surface area contributed by atoms with Crippen molar-refractivity contribution >= 4 is 21.7 Å². The lowest BCUT2D eigenvalue weighted by Gasteiger charge is -2.10. The first-order valence-corrected chi connectivity index (χ1v) is 6.90. The fourth-order valence-corrected chi connectivity index (χ4v) is 2.46. The summed E-state index contributed by atoms with van der Waals surface area (Å²) < 4.78 is 13.8. The van der Waals surface area contributed by atoms with E-state index in [0.29, 0.717) is 6.42 Å². The zero-order chi connectivity index (χ0) is 13.8. The van der Waals surface area contributed by atoms with Gasteiger partial charge in [-0.15, -0.1) is 0 Å². The van der Waals surface area contributed by atoms with Gasteiger partial charge in [0.05, 0.1) is 10.2 Å². The van der Waals surface area contributed by atoms with Gasteiger partial charge in [0, 0.05) is 13.5 Å². The molecule has 0 radical (unpaired) electrons. The van der Waals surface area contributed by atoms with Crippen LogP contribution in [0, 0.1) is 5.82 Å². The first-order chi connectivity index (χ1) is 9.13. The second kappa shape index (κ2) is 6.10. The number of rotatable bonds is 4. The Hall–Kier alpha value is -1.49. The molecule has 2 rings (SSSR count). The second-order valence-corrected chi connectivity index (χ2v) is 4.95. The minimum atomic E-state index is -0.231. The second-order valence-electron chi connectivity index (χ2n) is 4.16. The van der Waals surface area contributed by atoms with E-state index in [0.717, 1.165) is 33.8 Å². The van der Waals surface area contributed by atoms with Crippen molar-refractivity contribution in [3.63, 3.8) is 0 Å². The number of halogens is 2. The number of hydrogen-bond acceptors (Lipinski definition) is 3. The molecule has 0 spiro atoms. The van der Waals surface area contributed by atoms with Crippen LogP contribution in [0.2, 0.25) is 0 Å². The molecule has 0 saturated carbocycles. The lowest BCUT2D eigenvalue weighted by atomic mass is 10.1. The maximum atomic E-state index is 12.9. The van der Waals surface area contributed by atoms with Crippen molar-refractivity contribution in [2.24, 2.45) is 0 Å². The Morgan fingerprint density at radius 1 is 1.21 bits per heavy atom. The van der Waals surface area contributed by atoms with Gasteiger partial charge in [0.1, 0.15) is 17.5 Å². The molecule has 0 bridgehead atoms. The predicted molar refractivity (Wildman–Crippen MR) is 77.9 cm³/mol. The Bertz CT molecular complexity index is 544. The fourth-order valence-electron chi connectivity index (χ4n) is 1.81. The zero-order valence-corrected chi connectivity index (χ0v) is 12.5. The van der Waals surface area contributed by atoms with Gasteiger partial charge < -0.3 is 5.32 Å².